The fourth-order valence-electron chi connectivity index (χ4n) is 3.55. The summed E-state index contributed by atoms with van der Waals surface area (Å²) in [7, 11) is 0. The van der Waals surface area contributed by atoms with Gasteiger partial charge in [-0.05, 0) is 31.6 Å². The molecule has 0 rings (SSSR count). The molecule has 0 fully saturated rings. The van der Waals surface area contributed by atoms with Crippen LogP contribution < -0.4 is 0 Å². The fraction of sp³-hybridized carbons (Fsp3) is 0.810. The minimum Gasteiger partial charge on any atom is -0.481 e. The van der Waals surface area contributed by atoms with Crippen molar-refractivity contribution < 1.29 is 30.0 Å². The Bertz CT molecular complexity index is 432. The van der Waals surface area contributed by atoms with Crippen molar-refractivity contribution >= 4 is 11.9 Å². The summed E-state index contributed by atoms with van der Waals surface area (Å²) < 4.78 is 0. The van der Waals surface area contributed by atoms with Gasteiger partial charge in [-0.3, -0.25) is 9.59 Å². The van der Waals surface area contributed by atoms with Crippen LogP contribution in [-0.4, -0.2) is 38.2 Å². The van der Waals surface area contributed by atoms with Gasteiger partial charge < -0.3 is 20.4 Å². The molecule has 0 heterocycles. The lowest BCUT2D eigenvalue weighted by molar-refractivity contribution is -0.184. The Labute approximate surface area is 163 Å². The van der Waals surface area contributed by atoms with Crippen molar-refractivity contribution in [1.29, 1.82) is 0 Å². The Kier molecular flexibility index (Phi) is 13.9. The molecule has 0 aromatic carbocycles. The summed E-state index contributed by atoms with van der Waals surface area (Å²) in [5.41, 5.74) is 0. The Balaban J connectivity index is 4.41. The second-order valence-electron chi connectivity index (χ2n) is 7.58. The molecule has 0 aromatic rings. The van der Waals surface area contributed by atoms with Crippen LogP contribution in [0.5, 0.6) is 0 Å². The molecule has 0 spiro atoms. The van der Waals surface area contributed by atoms with E-state index < -0.39 is 30.1 Å². The quantitative estimate of drug-likeness (QED) is 0.158. The van der Waals surface area contributed by atoms with Crippen molar-refractivity contribution in [2.24, 2.45) is 11.8 Å². The summed E-state index contributed by atoms with van der Waals surface area (Å²) in [4.78, 5) is 22.3. The molecule has 0 saturated carbocycles. The van der Waals surface area contributed by atoms with Crippen molar-refractivity contribution in [3.63, 3.8) is 0 Å². The van der Waals surface area contributed by atoms with Crippen molar-refractivity contribution in [2.75, 3.05) is 0 Å². The van der Waals surface area contributed by atoms with Crippen LogP contribution in [0, 0.1) is 11.8 Å². The maximum absolute atomic E-state index is 11.7. The summed E-state index contributed by atoms with van der Waals surface area (Å²) in [5, 5.41) is 37.5. The van der Waals surface area contributed by atoms with Crippen molar-refractivity contribution in [1.82, 2.24) is 0 Å². The van der Waals surface area contributed by atoms with Gasteiger partial charge in [0.05, 0.1) is 12.3 Å². The number of hydrogen-bond acceptors (Lipinski definition) is 4. The number of rotatable bonds is 18. The second-order valence-corrected chi connectivity index (χ2v) is 7.58. The van der Waals surface area contributed by atoms with Gasteiger partial charge in [0.1, 0.15) is 0 Å². The molecule has 2 atom stereocenters. The lowest BCUT2D eigenvalue weighted by Crippen LogP contribution is -2.31. The highest BCUT2D eigenvalue weighted by Gasteiger charge is 2.28. The zero-order chi connectivity index (χ0) is 20.7. The minimum absolute atomic E-state index is 0.0260. The van der Waals surface area contributed by atoms with E-state index in [1.54, 1.807) is 6.08 Å². The average molecular weight is 387 g/mol. The molecule has 0 aliphatic heterocycles. The van der Waals surface area contributed by atoms with Crippen LogP contribution in [0.25, 0.3) is 0 Å². The maximum atomic E-state index is 11.7. The topological polar surface area (TPSA) is 115 Å². The number of aliphatic carboxylic acids is 2. The van der Waals surface area contributed by atoms with Gasteiger partial charge in [0.15, 0.2) is 5.79 Å². The molecular weight excluding hydrogens is 348 g/mol. The highest BCUT2D eigenvalue weighted by Crippen LogP contribution is 2.29. The van der Waals surface area contributed by atoms with Crippen LogP contribution in [0.1, 0.15) is 90.4 Å². The van der Waals surface area contributed by atoms with E-state index in [9.17, 15) is 24.9 Å². The predicted molar refractivity (Wildman–Crippen MR) is 105 cm³/mol. The van der Waals surface area contributed by atoms with Crippen LogP contribution in [0.15, 0.2) is 12.7 Å². The number of carbonyl (C=O) groups is 2. The Morgan fingerprint density at radius 1 is 0.963 bits per heavy atom. The van der Waals surface area contributed by atoms with Gasteiger partial charge in [0, 0.05) is 6.42 Å². The predicted octanol–water partition coefficient (Wildman–Crippen LogP) is 4.35. The average Bonchev–Trinajstić information content (AvgIpc) is 2.56. The second kappa shape index (κ2) is 14.6. The molecule has 0 saturated heterocycles. The smallest absolute Gasteiger partial charge is 0.308 e. The number of allylic oxidation sites excluding steroid dienone is 1. The van der Waals surface area contributed by atoms with Crippen molar-refractivity contribution in [3.8, 4) is 0 Å². The Hall–Kier alpha value is -1.40. The molecule has 0 radical (unpaired) electrons. The van der Waals surface area contributed by atoms with Crippen LogP contribution in [0.2, 0.25) is 0 Å². The first-order chi connectivity index (χ1) is 12.7. The van der Waals surface area contributed by atoms with Crippen LogP contribution in [0.4, 0.5) is 0 Å². The molecule has 0 amide bonds. The largest absolute Gasteiger partial charge is 0.481 e. The van der Waals surface area contributed by atoms with E-state index in [0.29, 0.717) is 32.1 Å². The van der Waals surface area contributed by atoms with Gasteiger partial charge in [-0.25, -0.2) is 0 Å². The number of unbranched alkanes of at least 4 members (excludes halogenated alkanes) is 6. The third kappa shape index (κ3) is 13.4. The highest BCUT2D eigenvalue weighted by atomic mass is 16.5. The van der Waals surface area contributed by atoms with Crippen molar-refractivity contribution in [2.45, 2.75) is 96.2 Å². The lowest BCUT2D eigenvalue weighted by Gasteiger charge is -2.24. The third-order valence-electron chi connectivity index (χ3n) is 5.06. The van der Waals surface area contributed by atoms with E-state index in [0.717, 1.165) is 19.3 Å². The summed E-state index contributed by atoms with van der Waals surface area (Å²) in [5.74, 6) is -4.68. The highest BCUT2D eigenvalue weighted by molar-refractivity contribution is 5.70. The summed E-state index contributed by atoms with van der Waals surface area (Å²) in [6.07, 6.45) is 10.7. The maximum Gasteiger partial charge on any atom is 0.308 e. The molecule has 2 unspecified atom stereocenters. The first-order valence-corrected chi connectivity index (χ1v) is 10.2. The zero-order valence-corrected chi connectivity index (χ0v) is 16.7. The zero-order valence-electron chi connectivity index (χ0n) is 16.7. The SMILES string of the molecule is C=CCC(CCCCC(O)(O)CC(=O)O)C(CCCCCCCC)C(=O)O. The molecule has 0 aromatic heterocycles. The third-order valence-corrected chi connectivity index (χ3v) is 5.06. The standard InChI is InChI=1S/C21H38O6/c1-3-5-6-7-8-9-14-18(20(24)25)17(12-4-2)13-10-11-15-21(26,27)16-19(22)23/h4,17-18,26-27H,2-3,5-16H2,1H3,(H,22,23)(H,24,25). The van der Waals surface area contributed by atoms with E-state index >= 15 is 0 Å². The molecule has 6 heteroatoms. The number of aliphatic hydroxyl groups is 2. The summed E-state index contributed by atoms with van der Waals surface area (Å²) >= 11 is 0. The molecule has 0 aliphatic rings. The van der Waals surface area contributed by atoms with Crippen LogP contribution in [-0.2, 0) is 9.59 Å². The van der Waals surface area contributed by atoms with E-state index in [2.05, 4.69) is 13.5 Å². The van der Waals surface area contributed by atoms with Crippen LogP contribution in [0.3, 0.4) is 0 Å². The van der Waals surface area contributed by atoms with E-state index in [-0.39, 0.29) is 12.3 Å². The van der Waals surface area contributed by atoms with Gasteiger partial charge >= 0.3 is 11.9 Å². The minimum atomic E-state index is -2.20. The Morgan fingerprint density at radius 2 is 1.56 bits per heavy atom. The first kappa shape index (κ1) is 25.6. The van der Waals surface area contributed by atoms with Gasteiger partial charge in [-0.1, -0.05) is 57.9 Å². The molecular formula is C21H38O6. The molecule has 4 N–H and O–H groups in total. The van der Waals surface area contributed by atoms with Gasteiger partial charge in [-0.2, -0.15) is 0 Å². The molecule has 158 valence electrons. The first-order valence-electron chi connectivity index (χ1n) is 10.2. The summed E-state index contributed by atoms with van der Waals surface area (Å²) in [6.45, 7) is 5.90. The number of carboxylic acids is 2. The van der Waals surface area contributed by atoms with Gasteiger partial charge in [0.2, 0.25) is 0 Å². The fourth-order valence-corrected chi connectivity index (χ4v) is 3.55. The molecule has 27 heavy (non-hydrogen) atoms. The van der Waals surface area contributed by atoms with E-state index in [1.807, 2.05) is 0 Å². The normalized spacial score (nSPS) is 13.9. The lowest BCUT2D eigenvalue weighted by atomic mass is 9.81. The number of carboxylic acid groups (broad SMARTS) is 2. The number of hydrogen-bond donors (Lipinski definition) is 4. The van der Waals surface area contributed by atoms with Crippen LogP contribution >= 0.6 is 0 Å². The Morgan fingerprint density at radius 3 is 2.11 bits per heavy atom. The van der Waals surface area contributed by atoms with E-state index in [4.69, 9.17) is 5.11 Å². The summed E-state index contributed by atoms with van der Waals surface area (Å²) in [6, 6.07) is 0. The van der Waals surface area contributed by atoms with E-state index in [1.165, 1.54) is 19.3 Å². The monoisotopic (exact) mass is 386 g/mol. The van der Waals surface area contributed by atoms with Gasteiger partial charge in [-0.15, -0.1) is 6.58 Å². The van der Waals surface area contributed by atoms with Crippen molar-refractivity contribution in [3.05, 3.63) is 12.7 Å². The molecule has 0 aliphatic carbocycles. The van der Waals surface area contributed by atoms with Gasteiger partial charge in [0.25, 0.3) is 0 Å². The molecule has 0 bridgehead atoms. The molecule has 6 nitrogen and oxygen atoms in total.